The van der Waals surface area contributed by atoms with E-state index in [0.29, 0.717) is 5.75 Å². The van der Waals surface area contributed by atoms with Gasteiger partial charge in [-0.05, 0) is 12.1 Å². The van der Waals surface area contributed by atoms with Crippen molar-refractivity contribution in [3.63, 3.8) is 0 Å². The largest absolute Gasteiger partial charge is 0.508 e. The average molecular weight is 224 g/mol. The van der Waals surface area contributed by atoms with E-state index in [9.17, 15) is 0 Å². The molecule has 1 rings (SSSR count). The van der Waals surface area contributed by atoms with Crippen LogP contribution in [0.1, 0.15) is 0 Å². The molecule has 0 atom stereocenters. The molecule has 1 aromatic rings. The minimum atomic E-state index is 0. The first-order chi connectivity index (χ1) is 3.39. The van der Waals surface area contributed by atoms with Gasteiger partial charge >= 0.3 is 0 Å². The molecule has 0 aromatic heterocycles. The summed E-state index contributed by atoms with van der Waals surface area (Å²) in [6.07, 6.45) is 0. The van der Waals surface area contributed by atoms with E-state index in [-0.39, 0.29) is 39.6 Å². The summed E-state index contributed by atoms with van der Waals surface area (Å²) in [7, 11) is 0. The van der Waals surface area contributed by atoms with Crippen molar-refractivity contribution in [2.75, 3.05) is 0 Å². The summed E-state index contributed by atoms with van der Waals surface area (Å²) >= 11 is 0. The van der Waals surface area contributed by atoms with Crippen molar-refractivity contribution in [3.05, 3.63) is 30.3 Å². The van der Waals surface area contributed by atoms with Crippen molar-refractivity contribution in [2.24, 2.45) is 0 Å². The summed E-state index contributed by atoms with van der Waals surface area (Å²) in [5.74, 6) is 0.322. The normalized spacial score (nSPS) is 6.00. The molecule has 0 spiro atoms. The van der Waals surface area contributed by atoms with Gasteiger partial charge in [0.1, 0.15) is 5.75 Å². The summed E-state index contributed by atoms with van der Waals surface area (Å²) in [5.41, 5.74) is 0. The quantitative estimate of drug-likeness (QED) is 0.643. The Kier molecular flexibility index (Phi) is 14.9. The smallest absolute Gasteiger partial charge is 0.115 e. The molecule has 0 saturated carbocycles. The molecule has 1 aromatic carbocycles. The molecule has 60 valence electrons. The van der Waals surface area contributed by atoms with E-state index in [1.54, 1.807) is 24.3 Å². The molecule has 0 heterocycles. The maximum Gasteiger partial charge on any atom is 0.115 e. The van der Waals surface area contributed by atoms with E-state index in [2.05, 4.69) is 0 Å². The fourth-order valence-electron chi connectivity index (χ4n) is 0.428. The van der Waals surface area contributed by atoms with Crippen molar-refractivity contribution in [1.29, 1.82) is 0 Å². The standard InChI is InChI=1S/C6H6O.2Fe.H2O/c7-6-4-2-1-3-5-6;;;/h1-5,7H;;;1H2. The van der Waals surface area contributed by atoms with E-state index in [1.807, 2.05) is 6.07 Å². The number of aromatic hydroxyl groups is 1. The average Bonchev–Trinajstić information content (AvgIpc) is 1.69. The number of benzene rings is 1. The molecule has 0 bridgehead atoms. The molecule has 10 heavy (non-hydrogen) atoms. The molecule has 0 amide bonds. The summed E-state index contributed by atoms with van der Waals surface area (Å²) in [6.45, 7) is 0. The second-order valence-electron chi connectivity index (χ2n) is 1.34. The van der Waals surface area contributed by atoms with Gasteiger partial charge in [-0.25, -0.2) is 0 Å². The Labute approximate surface area is 80.9 Å². The predicted octanol–water partition coefficient (Wildman–Crippen LogP) is 0.562. The van der Waals surface area contributed by atoms with Crippen LogP contribution in [0.2, 0.25) is 0 Å². The van der Waals surface area contributed by atoms with Gasteiger partial charge in [0, 0.05) is 34.1 Å². The Morgan fingerprint density at radius 1 is 0.900 bits per heavy atom. The van der Waals surface area contributed by atoms with Crippen LogP contribution in [0.5, 0.6) is 5.75 Å². The van der Waals surface area contributed by atoms with Gasteiger partial charge in [0.2, 0.25) is 0 Å². The molecular formula is C6H8Fe2O2. The van der Waals surface area contributed by atoms with Crippen LogP contribution in [0.4, 0.5) is 0 Å². The third-order valence-corrected chi connectivity index (χ3v) is 0.756. The molecule has 0 aliphatic carbocycles. The second kappa shape index (κ2) is 9.02. The van der Waals surface area contributed by atoms with Crippen molar-refractivity contribution < 1.29 is 44.7 Å². The predicted molar refractivity (Wildman–Crippen MR) is 31.7 cm³/mol. The van der Waals surface area contributed by atoms with Crippen LogP contribution in [0.25, 0.3) is 0 Å². The molecular weight excluding hydrogens is 216 g/mol. The molecule has 0 radical (unpaired) electrons. The van der Waals surface area contributed by atoms with Crippen LogP contribution < -0.4 is 0 Å². The maximum atomic E-state index is 8.63. The van der Waals surface area contributed by atoms with Crippen molar-refractivity contribution in [3.8, 4) is 5.75 Å². The number of phenolic OH excluding ortho intramolecular Hbond substituents is 1. The number of hydrogen-bond donors (Lipinski definition) is 1. The zero-order chi connectivity index (χ0) is 5.11. The minimum absolute atomic E-state index is 0. The zero-order valence-electron chi connectivity index (χ0n) is 5.04. The molecule has 0 fully saturated rings. The van der Waals surface area contributed by atoms with Crippen LogP contribution in [0.3, 0.4) is 0 Å². The first kappa shape index (κ1) is 16.5. The van der Waals surface area contributed by atoms with Gasteiger partial charge in [0.15, 0.2) is 0 Å². The van der Waals surface area contributed by atoms with Gasteiger partial charge in [-0.1, -0.05) is 18.2 Å². The van der Waals surface area contributed by atoms with Crippen molar-refractivity contribution in [2.45, 2.75) is 0 Å². The first-order valence-electron chi connectivity index (χ1n) is 2.13. The second-order valence-corrected chi connectivity index (χ2v) is 1.34. The molecule has 0 unspecified atom stereocenters. The Balaban J connectivity index is -0.000000163. The molecule has 0 saturated heterocycles. The molecule has 3 N–H and O–H groups in total. The number of rotatable bonds is 0. The Morgan fingerprint density at radius 2 is 1.30 bits per heavy atom. The van der Waals surface area contributed by atoms with Crippen LogP contribution >= 0.6 is 0 Å². The number of hydrogen-bond acceptors (Lipinski definition) is 1. The van der Waals surface area contributed by atoms with Crippen molar-refractivity contribution in [1.82, 2.24) is 0 Å². The molecule has 2 nitrogen and oxygen atoms in total. The van der Waals surface area contributed by atoms with E-state index in [1.165, 1.54) is 0 Å². The zero-order valence-corrected chi connectivity index (χ0v) is 7.25. The van der Waals surface area contributed by atoms with E-state index in [0.717, 1.165) is 0 Å². The van der Waals surface area contributed by atoms with Crippen LogP contribution in [-0.2, 0) is 34.1 Å². The van der Waals surface area contributed by atoms with E-state index >= 15 is 0 Å². The van der Waals surface area contributed by atoms with Gasteiger partial charge in [-0.15, -0.1) is 0 Å². The molecule has 4 heteroatoms. The van der Waals surface area contributed by atoms with Gasteiger partial charge in [0.25, 0.3) is 0 Å². The Morgan fingerprint density at radius 3 is 1.50 bits per heavy atom. The third kappa shape index (κ3) is 6.14. The summed E-state index contributed by atoms with van der Waals surface area (Å²) in [6, 6.07) is 8.71. The van der Waals surface area contributed by atoms with Crippen LogP contribution in [0.15, 0.2) is 30.3 Å². The summed E-state index contributed by atoms with van der Waals surface area (Å²) < 4.78 is 0. The molecule has 0 aliphatic rings. The summed E-state index contributed by atoms with van der Waals surface area (Å²) in [5, 5.41) is 8.63. The first-order valence-corrected chi connectivity index (χ1v) is 2.13. The topological polar surface area (TPSA) is 51.7 Å². The van der Waals surface area contributed by atoms with Gasteiger partial charge in [-0.2, -0.15) is 0 Å². The van der Waals surface area contributed by atoms with Gasteiger partial charge < -0.3 is 10.6 Å². The van der Waals surface area contributed by atoms with Crippen LogP contribution in [0, 0.1) is 0 Å². The molecule has 0 aliphatic heterocycles. The van der Waals surface area contributed by atoms with E-state index < -0.39 is 0 Å². The summed E-state index contributed by atoms with van der Waals surface area (Å²) in [4.78, 5) is 0. The van der Waals surface area contributed by atoms with Crippen LogP contribution in [-0.4, -0.2) is 10.6 Å². The Bertz CT molecular complexity index is 144. The number of para-hydroxylation sites is 1. The Hall–Kier alpha value is 0.0190. The maximum absolute atomic E-state index is 8.63. The van der Waals surface area contributed by atoms with Gasteiger partial charge in [0.05, 0.1) is 0 Å². The SMILES string of the molecule is O.Oc1ccccc1.[Fe].[Fe]. The van der Waals surface area contributed by atoms with Gasteiger partial charge in [-0.3, -0.25) is 0 Å². The fourth-order valence-corrected chi connectivity index (χ4v) is 0.428. The third-order valence-electron chi connectivity index (χ3n) is 0.756. The van der Waals surface area contributed by atoms with Crippen molar-refractivity contribution >= 4 is 0 Å². The number of phenols is 1. The van der Waals surface area contributed by atoms with E-state index in [4.69, 9.17) is 5.11 Å². The monoisotopic (exact) mass is 224 g/mol. The fraction of sp³-hybridized carbons (Fsp3) is 0. The minimum Gasteiger partial charge on any atom is -0.508 e.